The van der Waals surface area contributed by atoms with Gasteiger partial charge in [-0.2, -0.15) is 5.10 Å². The molecule has 0 aromatic carbocycles. The summed E-state index contributed by atoms with van der Waals surface area (Å²) in [6, 6.07) is 6.25. The highest BCUT2D eigenvalue weighted by molar-refractivity contribution is 5.41. The van der Waals surface area contributed by atoms with Crippen LogP contribution in [0, 0.1) is 12.8 Å². The Morgan fingerprint density at radius 1 is 1.30 bits per heavy atom. The van der Waals surface area contributed by atoms with E-state index in [4.69, 9.17) is 4.98 Å². The number of piperidine rings is 1. The summed E-state index contributed by atoms with van der Waals surface area (Å²) in [7, 11) is 0. The number of nitrogens with zero attached hydrogens (tertiary/aromatic N) is 6. The number of pyridine rings is 1. The van der Waals surface area contributed by atoms with Gasteiger partial charge in [0.1, 0.15) is 18.3 Å². The molecule has 1 saturated heterocycles. The first-order valence-electron chi connectivity index (χ1n) is 8.26. The molecule has 23 heavy (non-hydrogen) atoms. The maximum Gasteiger partial charge on any atom is 0.137 e. The average Bonchev–Trinajstić information content (AvgIpc) is 3.18. The Morgan fingerprint density at radius 3 is 3.09 bits per heavy atom. The summed E-state index contributed by atoms with van der Waals surface area (Å²) in [4.78, 5) is 11.3. The number of hydrogen-bond acceptors (Lipinski definition) is 4. The predicted molar refractivity (Wildman–Crippen MR) is 88.0 cm³/mol. The second-order valence-electron chi connectivity index (χ2n) is 6.49. The summed E-state index contributed by atoms with van der Waals surface area (Å²) in [5.41, 5.74) is 3.42. The van der Waals surface area contributed by atoms with Crippen LogP contribution in [0.15, 0.2) is 37.1 Å². The number of aromatic nitrogens is 5. The second kappa shape index (κ2) is 6.12. The van der Waals surface area contributed by atoms with Gasteiger partial charge in [0.25, 0.3) is 0 Å². The van der Waals surface area contributed by atoms with Gasteiger partial charge in [0.05, 0.1) is 5.69 Å². The van der Waals surface area contributed by atoms with Gasteiger partial charge in [-0.25, -0.2) is 9.97 Å². The van der Waals surface area contributed by atoms with E-state index in [1.54, 1.807) is 6.33 Å². The van der Waals surface area contributed by atoms with Gasteiger partial charge in [0.15, 0.2) is 0 Å². The molecule has 6 nitrogen and oxygen atoms in total. The van der Waals surface area contributed by atoms with Crippen LogP contribution in [0.4, 0.5) is 0 Å². The van der Waals surface area contributed by atoms with Gasteiger partial charge >= 0.3 is 0 Å². The van der Waals surface area contributed by atoms with Crippen molar-refractivity contribution in [1.82, 2.24) is 29.0 Å². The molecule has 4 heterocycles. The number of rotatable bonds is 4. The van der Waals surface area contributed by atoms with Crippen LogP contribution in [0.2, 0.25) is 0 Å². The van der Waals surface area contributed by atoms with Gasteiger partial charge < -0.3 is 4.40 Å². The zero-order valence-electron chi connectivity index (χ0n) is 13.5. The van der Waals surface area contributed by atoms with Crippen LogP contribution < -0.4 is 0 Å². The maximum absolute atomic E-state index is 4.76. The van der Waals surface area contributed by atoms with Crippen molar-refractivity contribution in [1.29, 1.82) is 0 Å². The maximum atomic E-state index is 4.76. The first-order chi connectivity index (χ1) is 11.3. The molecule has 4 rings (SSSR count). The molecule has 6 heteroatoms. The summed E-state index contributed by atoms with van der Waals surface area (Å²) in [6.07, 6.45) is 8.10. The van der Waals surface area contributed by atoms with Gasteiger partial charge in [-0.3, -0.25) is 9.58 Å². The molecule has 0 saturated carbocycles. The van der Waals surface area contributed by atoms with Crippen molar-refractivity contribution in [2.45, 2.75) is 32.9 Å². The van der Waals surface area contributed by atoms with Gasteiger partial charge in [0, 0.05) is 31.5 Å². The van der Waals surface area contributed by atoms with Gasteiger partial charge in [-0.05, 0) is 44.4 Å². The van der Waals surface area contributed by atoms with E-state index < -0.39 is 0 Å². The Morgan fingerprint density at radius 2 is 2.26 bits per heavy atom. The summed E-state index contributed by atoms with van der Waals surface area (Å²) in [5, 5.41) is 4.23. The number of aryl methyl sites for hydroxylation is 1. The minimum atomic E-state index is 0.643. The van der Waals surface area contributed by atoms with Crippen molar-refractivity contribution in [3.63, 3.8) is 0 Å². The van der Waals surface area contributed by atoms with Crippen LogP contribution in [-0.4, -0.2) is 42.1 Å². The predicted octanol–water partition coefficient (Wildman–Crippen LogP) is 2.15. The molecule has 0 bridgehead atoms. The SMILES string of the molecule is Cc1cccc2nc(CN3CCC[C@H](Cn4cncn4)C3)cn12. The molecule has 1 atom stereocenters. The lowest BCUT2D eigenvalue weighted by atomic mass is 9.98. The standard InChI is InChI=1S/C17H22N6/c1-14-4-2-6-17-20-16(11-23(14)17)10-21-7-3-5-15(8-21)9-22-13-18-12-19-22/h2,4,6,11-13,15H,3,5,7-10H2,1H3/t15-/m0/s1. The lowest BCUT2D eigenvalue weighted by Crippen LogP contribution is -2.36. The summed E-state index contributed by atoms with van der Waals surface area (Å²) in [5.74, 6) is 0.643. The summed E-state index contributed by atoms with van der Waals surface area (Å²) >= 11 is 0. The smallest absolute Gasteiger partial charge is 0.137 e. The molecule has 3 aromatic rings. The Bertz CT molecular complexity index is 776. The molecule has 0 unspecified atom stereocenters. The van der Waals surface area contributed by atoms with Crippen LogP contribution in [-0.2, 0) is 13.1 Å². The first kappa shape index (κ1) is 14.4. The van der Waals surface area contributed by atoms with E-state index in [1.807, 2.05) is 11.0 Å². The fraction of sp³-hybridized carbons (Fsp3) is 0.471. The normalized spacial score (nSPS) is 19.4. The van der Waals surface area contributed by atoms with Crippen LogP contribution >= 0.6 is 0 Å². The minimum absolute atomic E-state index is 0.643. The van der Waals surface area contributed by atoms with Crippen LogP contribution in [0.25, 0.3) is 5.65 Å². The fourth-order valence-electron chi connectivity index (χ4n) is 3.54. The third-order valence-electron chi connectivity index (χ3n) is 4.65. The number of hydrogen-bond donors (Lipinski definition) is 0. The molecule has 120 valence electrons. The van der Waals surface area contributed by atoms with Gasteiger partial charge in [-0.15, -0.1) is 0 Å². The van der Waals surface area contributed by atoms with Crippen molar-refractivity contribution in [3.05, 3.63) is 48.4 Å². The van der Waals surface area contributed by atoms with E-state index in [9.17, 15) is 0 Å². The zero-order chi connectivity index (χ0) is 15.6. The third-order valence-corrected chi connectivity index (χ3v) is 4.65. The molecule has 1 aliphatic heterocycles. The first-order valence-corrected chi connectivity index (χ1v) is 8.26. The van der Waals surface area contributed by atoms with Crippen LogP contribution in [0.1, 0.15) is 24.2 Å². The Kier molecular flexibility index (Phi) is 3.83. The van der Waals surface area contributed by atoms with Crippen molar-refractivity contribution >= 4 is 5.65 Å². The second-order valence-corrected chi connectivity index (χ2v) is 6.49. The molecule has 0 spiro atoms. The van der Waals surface area contributed by atoms with Crippen LogP contribution in [0.3, 0.4) is 0 Å². The third kappa shape index (κ3) is 3.12. The van der Waals surface area contributed by atoms with Crippen molar-refractivity contribution in [3.8, 4) is 0 Å². The fourth-order valence-corrected chi connectivity index (χ4v) is 3.54. The van der Waals surface area contributed by atoms with E-state index >= 15 is 0 Å². The highest BCUT2D eigenvalue weighted by Gasteiger charge is 2.21. The molecular formula is C17H22N6. The molecule has 0 N–H and O–H groups in total. The van der Waals surface area contributed by atoms with Crippen molar-refractivity contribution in [2.75, 3.05) is 13.1 Å². The van der Waals surface area contributed by atoms with E-state index in [0.29, 0.717) is 5.92 Å². The average molecular weight is 310 g/mol. The van der Waals surface area contributed by atoms with E-state index in [1.165, 1.54) is 18.5 Å². The Labute approximate surface area is 135 Å². The lowest BCUT2D eigenvalue weighted by molar-refractivity contribution is 0.152. The Hall–Kier alpha value is -2.21. The summed E-state index contributed by atoms with van der Waals surface area (Å²) < 4.78 is 4.12. The van der Waals surface area contributed by atoms with Gasteiger partial charge in [-0.1, -0.05) is 6.07 Å². The molecular weight excluding hydrogens is 288 g/mol. The quantitative estimate of drug-likeness (QED) is 0.741. The van der Waals surface area contributed by atoms with E-state index in [-0.39, 0.29) is 0 Å². The molecule has 0 amide bonds. The molecule has 3 aromatic heterocycles. The largest absolute Gasteiger partial charge is 0.304 e. The summed E-state index contributed by atoms with van der Waals surface area (Å²) in [6.45, 7) is 6.26. The highest BCUT2D eigenvalue weighted by Crippen LogP contribution is 2.20. The molecule has 0 radical (unpaired) electrons. The van der Waals surface area contributed by atoms with E-state index in [0.717, 1.165) is 37.5 Å². The number of fused-ring (bicyclic) bond motifs is 1. The molecule has 1 aliphatic rings. The lowest BCUT2D eigenvalue weighted by Gasteiger charge is -2.32. The van der Waals surface area contributed by atoms with Crippen LogP contribution in [0.5, 0.6) is 0 Å². The highest BCUT2D eigenvalue weighted by atomic mass is 15.3. The molecule has 0 aliphatic carbocycles. The minimum Gasteiger partial charge on any atom is -0.304 e. The van der Waals surface area contributed by atoms with Crippen molar-refractivity contribution < 1.29 is 0 Å². The van der Waals surface area contributed by atoms with E-state index in [2.05, 4.69) is 50.7 Å². The number of imidazole rings is 1. The number of likely N-dealkylation sites (tertiary alicyclic amines) is 1. The zero-order valence-corrected chi connectivity index (χ0v) is 13.5. The Balaban J connectivity index is 1.44. The van der Waals surface area contributed by atoms with Crippen molar-refractivity contribution in [2.24, 2.45) is 5.92 Å². The monoisotopic (exact) mass is 310 g/mol. The topological polar surface area (TPSA) is 51.2 Å². The molecule has 1 fully saturated rings. The van der Waals surface area contributed by atoms with Gasteiger partial charge in [0.2, 0.25) is 0 Å².